The Morgan fingerprint density at radius 2 is 1.89 bits per heavy atom. The lowest BCUT2D eigenvalue weighted by Gasteiger charge is -2.33. The largest absolute Gasteiger partial charge is 0.394 e. The van der Waals surface area contributed by atoms with Crippen molar-refractivity contribution in [2.24, 2.45) is 5.92 Å². The van der Waals surface area contributed by atoms with Crippen LogP contribution in [0.25, 0.3) is 0 Å². The third-order valence-corrected chi connectivity index (χ3v) is 4.37. The quantitative estimate of drug-likeness (QED) is 0.573. The maximum Gasteiger partial charge on any atom is 0.0613 e. The molecule has 2 atom stereocenters. The van der Waals surface area contributed by atoms with Gasteiger partial charge in [-0.05, 0) is 44.8 Å². The Kier molecular flexibility index (Phi) is 10.6. The first kappa shape index (κ1) is 18.9. The van der Waals surface area contributed by atoms with E-state index in [0.717, 1.165) is 44.8 Å². The number of nitrogens with one attached hydrogen (secondary N) is 1. The van der Waals surface area contributed by atoms with E-state index < -0.39 is 0 Å². The third-order valence-electron chi connectivity index (χ3n) is 4.37. The summed E-state index contributed by atoms with van der Waals surface area (Å²) in [5, 5.41) is 13.1. The van der Waals surface area contributed by atoms with Crippen LogP contribution >= 0.6 is 0 Å². The SMILES string of the molecule is CCNC(CC)(CO)CCCN(CC)CC(C)CC. The Morgan fingerprint density at radius 1 is 1.21 bits per heavy atom. The Balaban J connectivity index is 4.14. The van der Waals surface area contributed by atoms with Crippen LogP contribution in [0.5, 0.6) is 0 Å². The molecule has 0 radical (unpaired) electrons. The number of aliphatic hydroxyl groups is 1. The smallest absolute Gasteiger partial charge is 0.0613 e. The molecule has 0 aromatic carbocycles. The maximum absolute atomic E-state index is 9.64. The van der Waals surface area contributed by atoms with Crippen LogP contribution in [0.4, 0.5) is 0 Å². The highest BCUT2D eigenvalue weighted by molar-refractivity contribution is 4.85. The second kappa shape index (κ2) is 10.6. The molecule has 0 saturated heterocycles. The highest BCUT2D eigenvalue weighted by Gasteiger charge is 2.25. The van der Waals surface area contributed by atoms with Gasteiger partial charge < -0.3 is 15.3 Å². The van der Waals surface area contributed by atoms with E-state index in [1.165, 1.54) is 13.0 Å². The number of aliphatic hydroxyl groups excluding tert-OH is 1. The van der Waals surface area contributed by atoms with Crippen molar-refractivity contribution in [3.8, 4) is 0 Å². The first-order valence-electron chi connectivity index (χ1n) is 8.15. The molecule has 19 heavy (non-hydrogen) atoms. The van der Waals surface area contributed by atoms with Gasteiger partial charge >= 0.3 is 0 Å². The Morgan fingerprint density at radius 3 is 2.32 bits per heavy atom. The number of hydrogen-bond donors (Lipinski definition) is 2. The van der Waals surface area contributed by atoms with Gasteiger partial charge in [-0.25, -0.2) is 0 Å². The number of nitrogens with zero attached hydrogens (tertiary/aromatic N) is 1. The van der Waals surface area contributed by atoms with Gasteiger partial charge in [0.1, 0.15) is 0 Å². The van der Waals surface area contributed by atoms with Crippen LogP contribution in [0.15, 0.2) is 0 Å². The standard InChI is InChI=1S/C16H36N2O/c1-6-15(5)13-18(9-4)12-10-11-16(7-2,14-19)17-8-3/h15,17,19H,6-14H2,1-5H3. The van der Waals surface area contributed by atoms with Gasteiger partial charge in [0.25, 0.3) is 0 Å². The molecule has 0 bridgehead atoms. The van der Waals surface area contributed by atoms with Crippen molar-refractivity contribution in [3.05, 3.63) is 0 Å². The van der Waals surface area contributed by atoms with Gasteiger partial charge in [0.15, 0.2) is 0 Å². The highest BCUT2D eigenvalue weighted by atomic mass is 16.3. The fraction of sp³-hybridized carbons (Fsp3) is 1.00. The summed E-state index contributed by atoms with van der Waals surface area (Å²) in [5.74, 6) is 0.780. The van der Waals surface area contributed by atoms with Gasteiger partial charge in [-0.2, -0.15) is 0 Å². The van der Waals surface area contributed by atoms with Crippen molar-refractivity contribution in [2.45, 2.75) is 65.8 Å². The minimum absolute atomic E-state index is 0.0649. The fourth-order valence-electron chi connectivity index (χ4n) is 2.60. The zero-order chi connectivity index (χ0) is 14.7. The van der Waals surface area contributed by atoms with E-state index in [2.05, 4.69) is 44.8 Å². The number of likely N-dealkylation sites (N-methyl/N-ethyl adjacent to an activating group) is 1. The minimum Gasteiger partial charge on any atom is -0.394 e. The molecule has 116 valence electrons. The summed E-state index contributed by atoms with van der Waals surface area (Å²) in [7, 11) is 0. The molecule has 0 amide bonds. The summed E-state index contributed by atoms with van der Waals surface area (Å²) in [4.78, 5) is 2.54. The van der Waals surface area contributed by atoms with E-state index in [4.69, 9.17) is 0 Å². The van der Waals surface area contributed by atoms with Gasteiger partial charge in [-0.15, -0.1) is 0 Å². The van der Waals surface area contributed by atoms with Crippen molar-refractivity contribution in [1.29, 1.82) is 0 Å². The predicted molar refractivity (Wildman–Crippen MR) is 84.6 cm³/mol. The molecule has 0 aromatic rings. The molecule has 0 aliphatic heterocycles. The summed E-state index contributed by atoms with van der Waals surface area (Å²) in [6.07, 6.45) is 4.47. The molecule has 0 fully saturated rings. The molecule has 0 aliphatic carbocycles. The molecule has 3 nitrogen and oxygen atoms in total. The maximum atomic E-state index is 9.64. The van der Waals surface area contributed by atoms with Gasteiger partial charge in [0.05, 0.1) is 6.61 Å². The topological polar surface area (TPSA) is 35.5 Å². The van der Waals surface area contributed by atoms with Crippen LogP contribution in [0, 0.1) is 5.92 Å². The second-order valence-corrected chi connectivity index (χ2v) is 5.83. The Labute approximate surface area is 120 Å². The Hall–Kier alpha value is -0.120. The first-order chi connectivity index (χ1) is 9.07. The lowest BCUT2D eigenvalue weighted by Crippen LogP contribution is -2.48. The van der Waals surface area contributed by atoms with Gasteiger partial charge in [-0.3, -0.25) is 0 Å². The first-order valence-corrected chi connectivity index (χ1v) is 8.15. The second-order valence-electron chi connectivity index (χ2n) is 5.83. The Bertz CT molecular complexity index is 205. The summed E-state index contributed by atoms with van der Waals surface area (Å²) in [5.41, 5.74) is -0.0649. The predicted octanol–water partition coefficient (Wildman–Crippen LogP) is 2.89. The van der Waals surface area contributed by atoms with Gasteiger partial charge in [-0.1, -0.05) is 41.0 Å². The van der Waals surface area contributed by atoms with Crippen LogP contribution in [0.3, 0.4) is 0 Å². The van der Waals surface area contributed by atoms with E-state index in [-0.39, 0.29) is 12.1 Å². The van der Waals surface area contributed by atoms with Crippen LogP contribution < -0.4 is 5.32 Å². The van der Waals surface area contributed by atoms with E-state index >= 15 is 0 Å². The summed E-state index contributed by atoms with van der Waals surface area (Å²) in [6, 6.07) is 0. The molecule has 0 saturated carbocycles. The molecule has 0 spiro atoms. The summed E-state index contributed by atoms with van der Waals surface area (Å²) < 4.78 is 0. The van der Waals surface area contributed by atoms with Crippen molar-refractivity contribution >= 4 is 0 Å². The van der Waals surface area contributed by atoms with E-state index in [1.54, 1.807) is 0 Å². The number of hydrogen-bond acceptors (Lipinski definition) is 3. The average Bonchev–Trinajstić information content (AvgIpc) is 2.44. The van der Waals surface area contributed by atoms with Crippen LogP contribution in [-0.2, 0) is 0 Å². The van der Waals surface area contributed by atoms with Crippen molar-refractivity contribution in [2.75, 3.05) is 32.8 Å². The van der Waals surface area contributed by atoms with Crippen molar-refractivity contribution in [3.63, 3.8) is 0 Å². The van der Waals surface area contributed by atoms with Crippen molar-refractivity contribution < 1.29 is 5.11 Å². The zero-order valence-corrected chi connectivity index (χ0v) is 13.8. The van der Waals surface area contributed by atoms with Gasteiger partial charge in [0.2, 0.25) is 0 Å². The molecule has 0 aliphatic rings. The molecular weight excluding hydrogens is 236 g/mol. The molecule has 0 rings (SSSR count). The fourth-order valence-corrected chi connectivity index (χ4v) is 2.60. The molecule has 0 heterocycles. The molecular formula is C16H36N2O. The van der Waals surface area contributed by atoms with Crippen molar-refractivity contribution in [1.82, 2.24) is 10.2 Å². The van der Waals surface area contributed by atoms with Gasteiger partial charge in [0, 0.05) is 12.1 Å². The molecule has 2 N–H and O–H groups in total. The van der Waals surface area contributed by atoms with Crippen LogP contribution in [0.1, 0.15) is 60.3 Å². The average molecular weight is 272 g/mol. The molecule has 2 unspecified atom stereocenters. The van der Waals surface area contributed by atoms with E-state index in [9.17, 15) is 5.11 Å². The normalized spacial score (nSPS) is 16.6. The third kappa shape index (κ3) is 7.28. The zero-order valence-electron chi connectivity index (χ0n) is 13.8. The summed E-state index contributed by atoms with van der Waals surface area (Å²) in [6.45, 7) is 15.8. The molecule has 0 aromatic heterocycles. The lowest BCUT2D eigenvalue weighted by molar-refractivity contribution is 0.138. The summed E-state index contributed by atoms with van der Waals surface area (Å²) >= 11 is 0. The highest BCUT2D eigenvalue weighted by Crippen LogP contribution is 2.17. The monoisotopic (exact) mass is 272 g/mol. The van der Waals surface area contributed by atoms with E-state index in [1.807, 2.05) is 0 Å². The van der Waals surface area contributed by atoms with Crippen LogP contribution in [-0.4, -0.2) is 48.3 Å². The molecule has 3 heteroatoms. The number of rotatable bonds is 12. The van der Waals surface area contributed by atoms with E-state index in [0.29, 0.717) is 0 Å². The van der Waals surface area contributed by atoms with Crippen LogP contribution in [0.2, 0.25) is 0 Å². The minimum atomic E-state index is -0.0649. The lowest BCUT2D eigenvalue weighted by atomic mass is 9.91.